The van der Waals surface area contributed by atoms with Gasteiger partial charge in [-0.3, -0.25) is 14.4 Å². The van der Waals surface area contributed by atoms with E-state index in [9.17, 15) is 14.4 Å². The van der Waals surface area contributed by atoms with Crippen molar-refractivity contribution in [1.29, 1.82) is 0 Å². The molecule has 1 aromatic rings. The van der Waals surface area contributed by atoms with Gasteiger partial charge in [0.05, 0.1) is 26.1 Å². The molecule has 4 aliphatic rings. The summed E-state index contributed by atoms with van der Waals surface area (Å²) < 4.78 is 5.68. The lowest BCUT2D eigenvalue weighted by Crippen LogP contribution is -2.48. The minimum Gasteiger partial charge on any atom is -0.469 e. The van der Waals surface area contributed by atoms with E-state index >= 15 is 0 Å². The van der Waals surface area contributed by atoms with Crippen LogP contribution >= 0.6 is 15.9 Å². The molecule has 7 heteroatoms. The minimum atomic E-state index is -0.506. The van der Waals surface area contributed by atoms with Crippen molar-refractivity contribution in [2.45, 2.75) is 57.4 Å². The lowest BCUT2D eigenvalue weighted by atomic mass is 9.49. The molecule has 168 valence electrons. The highest BCUT2D eigenvalue weighted by molar-refractivity contribution is 9.10. The third kappa shape index (κ3) is 5.48. The van der Waals surface area contributed by atoms with E-state index in [0.717, 1.165) is 27.8 Å². The molecule has 0 spiro atoms. The number of halogens is 1. The van der Waals surface area contributed by atoms with Crippen molar-refractivity contribution in [2.75, 3.05) is 13.7 Å². The average molecular weight is 491 g/mol. The molecule has 6 nitrogen and oxygen atoms in total. The summed E-state index contributed by atoms with van der Waals surface area (Å²) in [6, 6.07) is 6.92. The molecule has 0 saturated heterocycles. The summed E-state index contributed by atoms with van der Waals surface area (Å²) in [6.45, 7) is -0.0839. The molecule has 1 atom stereocenters. The van der Waals surface area contributed by atoms with Crippen molar-refractivity contribution < 1.29 is 19.1 Å². The maximum absolute atomic E-state index is 12.7. The third-order valence-corrected chi connectivity index (χ3v) is 7.88. The molecule has 0 heterocycles. The fourth-order valence-corrected chi connectivity index (χ4v) is 6.80. The number of rotatable bonds is 8. The normalized spacial score (nSPS) is 29.3. The van der Waals surface area contributed by atoms with Crippen LogP contribution in [-0.4, -0.2) is 31.4 Å². The predicted molar refractivity (Wildman–Crippen MR) is 120 cm³/mol. The molecule has 1 unspecified atom stereocenters. The van der Waals surface area contributed by atoms with Crippen LogP contribution in [0, 0.1) is 23.2 Å². The second-order valence-corrected chi connectivity index (χ2v) is 10.7. The van der Waals surface area contributed by atoms with Crippen LogP contribution in [-0.2, 0) is 19.1 Å². The first kappa shape index (κ1) is 22.3. The number of ether oxygens (including phenoxy) is 1. The summed E-state index contributed by atoms with van der Waals surface area (Å²) in [4.78, 5) is 37.0. The third-order valence-electron chi connectivity index (χ3n) is 7.35. The molecule has 0 aromatic heterocycles. The number of hydrogen-bond acceptors (Lipinski definition) is 4. The van der Waals surface area contributed by atoms with Gasteiger partial charge in [-0.05, 0) is 79.4 Å². The summed E-state index contributed by atoms with van der Waals surface area (Å²) in [5.41, 5.74) is 0.960. The fourth-order valence-electron chi connectivity index (χ4n) is 6.53. The quantitative estimate of drug-likeness (QED) is 0.541. The first-order chi connectivity index (χ1) is 14.8. The van der Waals surface area contributed by atoms with Crippen LogP contribution < -0.4 is 10.6 Å². The van der Waals surface area contributed by atoms with Crippen LogP contribution in [0.4, 0.5) is 0 Å². The van der Waals surface area contributed by atoms with Crippen LogP contribution in [0.2, 0.25) is 0 Å². The average Bonchev–Trinajstić information content (AvgIpc) is 2.71. The van der Waals surface area contributed by atoms with E-state index in [1.807, 2.05) is 24.3 Å². The molecule has 31 heavy (non-hydrogen) atoms. The van der Waals surface area contributed by atoms with Crippen LogP contribution in [0.5, 0.6) is 0 Å². The molecule has 0 radical (unpaired) electrons. The van der Waals surface area contributed by atoms with E-state index in [1.165, 1.54) is 45.6 Å². The fraction of sp³-hybridized carbons (Fsp3) is 0.625. The first-order valence-corrected chi connectivity index (χ1v) is 12.0. The topological polar surface area (TPSA) is 84.5 Å². The lowest BCUT2D eigenvalue weighted by Gasteiger charge is -2.56. The van der Waals surface area contributed by atoms with Gasteiger partial charge in [-0.1, -0.05) is 28.1 Å². The van der Waals surface area contributed by atoms with E-state index in [-0.39, 0.29) is 30.2 Å². The SMILES string of the molecule is COC(=O)CC(NC(=O)CNC(=O)CC12CC3CC(CC(C3)C1)C2)c1ccc(Br)cc1. The molecule has 4 aliphatic carbocycles. The van der Waals surface area contributed by atoms with Gasteiger partial charge in [0, 0.05) is 10.9 Å². The molecule has 4 saturated carbocycles. The first-order valence-electron chi connectivity index (χ1n) is 11.2. The number of benzene rings is 1. The van der Waals surface area contributed by atoms with Gasteiger partial charge in [-0.15, -0.1) is 0 Å². The number of nitrogens with one attached hydrogen (secondary N) is 2. The lowest BCUT2D eigenvalue weighted by molar-refractivity contribution is -0.141. The molecule has 0 aliphatic heterocycles. The van der Waals surface area contributed by atoms with Crippen molar-refractivity contribution in [1.82, 2.24) is 10.6 Å². The van der Waals surface area contributed by atoms with Crippen LogP contribution in [0.3, 0.4) is 0 Å². The van der Waals surface area contributed by atoms with E-state index in [1.54, 1.807) is 0 Å². The summed E-state index contributed by atoms with van der Waals surface area (Å²) in [7, 11) is 1.33. The predicted octanol–water partition coefficient (Wildman–Crippen LogP) is 3.89. The number of carbonyl (C=O) groups excluding carboxylic acids is 3. The Morgan fingerprint density at radius 3 is 2.16 bits per heavy atom. The Hall–Kier alpha value is -1.89. The molecular formula is C24H31BrN2O4. The van der Waals surface area contributed by atoms with Gasteiger partial charge in [-0.25, -0.2) is 0 Å². The van der Waals surface area contributed by atoms with Crippen molar-refractivity contribution in [3.63, 3.8) is 0 Å². The van der Waals surface area contributed by atoms with Gasteiger partial charge in [0.2, 0.25) is 11.8 Å². The number of carbonyl (C=O) groups is 3. The smallest absolute Gasteiger partial charge is 0.307 e. The van der Waals surface area contributed by atoms with Crippen molar-refractivity contribution in [3.05, 3.63) is 34.3 Å². The van der Waals surface area contributed by atoms with Gasteiger partial charge >= 0.3 is 5.97 Å². The number of amides is 2. The van der Waals surface area contributed by atoms with E-state index in [4.69, 9.17) is 4.74 Å². The zero-order chi connectivity index (χ0) is 22.0. The highest BCUT2D eigenvalue weighted by Crippen LogP contribution is 2.61. The largest absolute Gasteiger partial charge is 0.469 e. The number of esters is 1. The Morgan fingerprint density at radius 2 is 1.61 bits per heavy atom. The molecule has 2 N–H and O–H groups in total. The summed E-state index contributed by atoms with van der Waals surface area (Å²) in [5, 5.41) is 5.68. The second kappa shape index (κ2) is 9.31. The Balaban J connectivity index is 1.30. The zero-order valence-electron chi connectivity index (χ0n) is 18.0. The summed E-state index contributed by atoms with van der Waals surface area (Å²) in [6.07, 6.45) is 8.12. The number of methoxy groups -OCH3 is 1. The van der Waals surface area contributed by atoms with Gasteiger partial charge in [0.25, 0.3) is 0 Å². The van der Waals surface area contributed by atoms with E-state index in [2.05, 4.69) is 26.6 Å². The highest BCUT2D eigenvalue weighted by Gasteiger charge is 2.51. The van der Waals surface area contributed by atoms with Gasteiger partial charge in [0.15, 0.2) is 0 Å². The van der Waals surface area contributed by atoms with Gasteiger partial charge in [0.1, 0.15) is 0 Å². The Morgan fingerprint density at radius 1 is 1.03 bits per heavy atom. The monoisotopic (exact) mass is 490 g/mol. The zero-order valence-corrected chi connectivity index (χ0v) is 19.6. The van der Waals surface area contributed by atoms with Crippen molar-refractivity contribution >= 4 is 33.7 Å². The van der Waals surface area contributed by atoms with Crippen LogP contribution in [0.1, 0.15) is 63.0 Å². The van der Waals surface area contributed by atoms with E-state index in [0.29, 0.717) is 6.42 Å². The Bertz CT molecular complexity index is 803. The molecule has 4 bridgehead atoms. The molecule has 2 amide bonds. The van der Waals surface area contributed by atoms with Gasteiger partial charge < -0.3 is 15.4 Å². The Labute approximate surface area is 192 Å². The van der Waals surface area contributed by atoms with Crippen molar-refractivity contribution in [2.24, 2.45) is 23.2 Å². The van der Waals surface area contributed by atoms with E-state index < -0.39 is 12.0 Å². The maximum atomic E-state index is 12.7. The van der Waals surface area contributed by atoms with Gasteiger partial charge in [-0.2, -0.15) is 0 Å². The standard InChI is InChI=1S/C24H31BrN2O4/c1-31-23(30)9-20(18-2-4-19(25)5-3-18)27-22(29)14-26-21(28)13-24-10-15-6-16(11-24)8-17(7-15)12-24/h2-5,15-17,20H,6-14H2,1H3,(H,26,28)(H,27,29). The van der Waals surface area contributed by atoms with Crippen LogP contribution in [0.15, 0.2) is 28.7 Å². The Kier molecular flexibility index (Phi) is 6.70. The maximum Gasteiger partial charge on any atom is 0.307 e. The van der Waals surface area contributed by atoms with Crippen molar-refractivity contribution in [3.8, 4) is 0 Å². The molecular weight excluding hydrogens is 460 g/mol. The minimum absolute atomic E-state index is 0.0328. The molecule has 1 aromatic carbocycles. The highest BCUT2D eigenvalue weighted by atomic mass is 79.9. The summed E-state index contributed by atoms with van der Waals surface area (Å²) in [5.74, 6) is 1.65. The van der Waals surface area contributed by atoms with Crippen LogP contribution in [0.25, 0.3) is 0 Å². The number of hydrogen-bond donors (Lipinski definition) is 2. The summed E-state index contributed by atoms with van der Waals surface area (Å²) >= 11 is 3.39. The molecule has 4 fully saturated rings. The second-order valence-electron chi connectivity index (χ2n) is 9.82. The molecule has 5 rings (SSSR count).